The number of imidazole rings is 1. The van der Waals surface area contributed by atoms with Crippen LogP contribution in [0.4, 0.5) is 11.6 Å². The van der Waals surface area contributed by atoms with Gasteiger partial charge in [0.1, 0.15) is 12.9 Å². The van der Waals surface area contributed by atoms with E-state index in [2.05, 4.69) is 44.2 Å². The molecule has 0 saturated heterocycles. The fourth-order valence-corrected chi connectivity index (χ4v) is 2.98. The van der Waals surface area contributed by atoms with Gasteiger partial charge < -0.3 is 15.5 Å². The highest BCUT2D eigenvalue weighted by Gasteiger charge is 2.15. The van der Waals surface area contributed by atoms with Gasteiger partial charge in [0.05, 0.1) is 17.4 Å². The van der Waals surface area contributed by atoms with Gasteiger partial charge in [-0.05, 0) is 31.1 Å². The summed E-state index contributed by atoms with van der Waals surface area (Å²) in [7, 11) is 0. The first kappa shape index (κ1) is 19.6. The fraction of sp³-hybridized carbons (Fsp3) is 0.273. The summed E-state index contributed by atoms with van der Waals surface area (Å²) < 4.78 is 7.67. The standard InChI is InChI=1S/C22H25N7O/c1-4-5-10-25-29-14-24-19-20(29)27-22(28-21(19)30-13-15(2)3)26-17-11-16-8-6-7-9-18(16)23-12-17/h6-9,11-12,14,25H,2,4-5,10,13H2,1,3H3,(H,26,27,28). The zero-order valence-electron chi connectivity index (χ0n) is 17.2. The maximum Gasteiger partial charge on any atom is 0.247 e. The van der Waals surface area contributed by atoms with Crippen molar-refractivity contribution in [2.24, 2.45) is 0 Å². The number of pyridine rings is 1. The number of ether oxygens (including phenoxy) is 1. The molecule has 3 aromatic heterocycles. The van der Waals surface area contributed by atoms with Crippen molar-refractivity contribution in [3.8, 4) is 5.88 Å². The van der Waals surface area contributed by atoms with Gasteiger partial charge in [-0.2, -0.15) is 9.97 Å². The molecule has 0 aliphatic rings. The second kappa shape index (κ2) is 8.77. The summed E-state index contributed by atoms with van der Waals surface area (Å²) in [5.74, 6) is 0.825. The first-order chi connectivity index (χ1) is 14.6. The molecule has 0 unspecified atom stereocenters. The fourth-order valence-electron chi connectivity index (χ4n) is 2.98. The largest absolute Gasteiger partial charge is 0.471 e. The summed E-state index contributed by atoms with van der Waals surface area (Å²) in [5, 5.41) is 4.28. The molecule has 4 rings (SSSR count). The zero-order chi connectivity index (χ0) is 20.9. The topological polar surface area (TPSA) is 89.8 Å². The molecule has 0 bridgehead atoms. The number of nitrogens with zero attached hydrogens (tertiary/aromatic N) is 5. The molecule has 0 saturated carbocycles. The highest BCUT2D eigenvalue weighted by Crippen LogP contribution is 2.25. The lowest BCUT2D eigenvalue weighted by molar-refractivity contribution is 0.343. The molecule has 2 N–H and O–H groups in total. The third-order valence-corrected chi connectivity index (χ3v) is 4.48. The molecule has 8 heteroatoms. The number of hydrogen-bond donors (Lipinski definition) is 2. The molecule has 0 amide bonds. The number of aromatic nitrogens is 5. The first-order valence-electron chi connectivity index (χ1n) is 10.0. The van der Waals surface area contributed by atoms with E-state index in [1.54, 1.807) is 12.5 Å². The van der Waals surface area contributed by atoms with Gasteiger partial charge >= 0.3 is 0 Å². The van der Waals surface area contributed by atoms with Crippen LogP contribution in [0.1, 0.15) is 26.7 Å². The number of nitrogens with one attached hydrogen (secondary N) is 2. The quantitative estimate of drug-likeness (QED) is 0.316. The molecule has 0 radical (unpaired) electrons. The number of fused-ring (bicyclic) bond motifs is 2. The maximum atomic E-state index is 5.86. The van der Waals surface area contributed by atoms with E-state index in [-0.39, 0.29) is 0 Å². The van der Waals surface area contributed by atoms with Crippen molar-refractivity contribution in [1.82, 2.24) is 24.6 Å². The molecule has 30 heavy (non-hydrogen) atoms. The smallest absolute Gasteiger partial charge is 0.247 e. The molecular weight excluding hydrogens is 378 g/mol. The lowest BCUT2D eigenvalue weighted by atomic mass is 10.2. The SMILES string of the molecule is C=C(C)COc1nc(Nc2cnc3ccccc3c2)nc2c1ncn2NCCCC. The third kappa shape index (κ3) is 4.32. The van der Waals surface area contributed by atoms with Crippen LogP contribution in [-0.4, -0.2) is 37.8 Å². The van der Waals surface area contributed by atoms with Crippen molar-refractivity contribution in [2.75, 3.05) is 23.9 Å². The normalized spacial score (nSPS) is 11.0. The monoisotopic (exact) mass is 403 g/mol. The lowest BCUT2D eigenvalue weighted by Gasteiger charge is -2.11. The van der Waals surface area contributed by atoms with Crippen LogP contribution in [0.25, 0.3) is 22.1 Å². The van der Waals surface area contributed by atoms with Gasteiger partial charge in [0.15, 0.2) is 11.2 Å². The molecule has 0 atom stereocenters. The van der Waals surface area contributed by atoms with Crippen molar-refractivity contribution in [2.45, 2.75) is 26.7 Å². The summed E-state index contributed by atoms with van der Waals surface area (Å²) in [6.45, 7) is 9.14. The van der Waals surface area contributed by atoms with E-state index in [9.17, 15) is 0 Å². The van der Waals surface area contributed by atoms with Crippen molar-refractivity contribution in [3.63, 3.8) is 0 Å². The van der Waals surface area contributed by atoms with E-state index in [1.165, 1.54) is 0 Å². The van der Waals surface area contributed by atoms with Crippen LogP contribution in [0.3, 0.4) is 0 Å². The summed E-state index contributed by atoms with van der Waals surface area (Å²) in [6, 6.07) is 9.97. The number of para-hydroxylation sites is 1. The van der Waals surface area contributed by atoms with Crippen molar-refractivity contribution in [3.05, 3.63) is 55.0 Å². The predicted octanol–water partition coefficient (Wildman–Crippen LogP) is 4.42. The molecule has 0 aliphatic carbocycles. The highest BCUT2D eigenvalue weighted by atomic mass is 16.5. The van der Waals surface area contributed by atoms with E-state index in [0.717, 1.165) is 41.5 Å². The second-order valence-electron chi connectivity index (χ2n) is 7.19. The van der Waals surface area contributed by atoms with Crippen molar-refractivity contribution < 1.29 is 4.74 Å². The second-order valence-corrected chi connectivity index (χ2v) is 7.19. The average Bonchev–Trinajstić information content (AvgIpc) is 3.15. The van der Waals surface area contributed by atoms with Crippen LogP contribution in [0.15, 0.2) is 55.0 Å². The maximum absolute atomic E-state index is 5.86. The minimum atomic E-state index is 0.360. The van der Waals surface area contributed by atoms with Gasteiger partial charge in [-0.3, -0.25) is 4.98 Å². The van der Waals surface area contributed by atoms with E-state index in [0.29, 0.717) is 29.6 Å². The molecule has 4 aromatic rings. The number of anilines is 2. The van der Waals surface area contributed by atoms with Gasteiger partial charge in [0.25, 0.3) is 0 Å². The number of hydrogen-bond acceptors (Lipinski definition) is 7. The van der Waals surface area contributed by atoms with E-state index < -0.39 is 0 Å². The summed E-state index contributed by atoms with van der Waals surface area (Å²) >= 11 is 0. The Hall–Kier alpha value is -3.68. The molecule has 3 heterocycles. The van der Waals surface area contributed by atoms with Gasteiger partial charge in [-0.1, -0.05) is 38.1 Å². The van der Waals surface area contributed by atoms with Crippen molar-refractivity contribution in [1.29, 1.82) is 0 Å². The molecule has 1 aromatic carbocycles. The van der Waals surface area contributed by atoms with Gasteiger partial charge in [-0.15, -0.1) is 0 Å². The number of unbranched alkanes of at least 4 members (excludes halogenated alkanes) is 1. The van der Waals surface area contributed by atoms with Gasteiger partial charge in [0.2, 0.25) is 11.8 Å². The average molecular weight is 403 g/mol. The summed E-state index contributed by atoms with van der Waals surface area (Å²) in [5.41, 5.74) is 7.20. The Labute approximate surface area is 175 Å². The minimum Gasteiger partial charge on any atom is -0.471 e. The van der Waals surface area contributed by atoms with Crippen molar-refractivity contribution >= 4 is 33.7 Å². The van der Waals surface area contributed by atoms with Gasteiger partial charge in [0, 0.05) is 11.9 Å². The van der Waals surface area contributed by atoms with Crippen LogP contribution in [-0.2, 0) is 0 Å². The number of rotatable bonds is 9. The third-order valence-electron chi connectivity index (χ3n) is 4.48. The van der Waals surface area contributed by atoms with Crippen LogP contribution in [0.5, 0.6) is 5.88 Å². The molecule has 154 valence electrons. The summed E-state index contributed by atoms with van der Waals surface area (Å²) in [6.07, 6.45) is 5.62. The Kier molecular flexibility index (Phi) is 5.74. The highest BCUT2D eigenvalue weighted by molar-refractivity contribution is 5.83. The van der Waals surface area contributed by atoms with E-state index in [4.69, 9.17) is 4.74 Å². The minimum absolute atomic E-state index is 0.360. The predicted molar refractivity (Wildman–Crippen MR) is 120 cm³/mol. The van der Waals surface area contributed by atoms with Gasteiger partial charge in [-0.25, -0.2) is 9.66 Å². The first-order valence-corrected chi connectivity index (χ1v) is 10.0. The van der Waals surface area contributed by atoms with E-state index >= 15 is 0 Å². The van der Waals surface area contributed by atoms with E-state index in [1.807, 2.05) is 41.9 Å². The van der Waals surface area contributed by atoms with Crippen LogP contribution >= 0.6 is 0 Å². The number of benzene rings is 1. The Balaban J connectivity index is 1.69. The molecule has 0 spiro atoms. The summed E-state index contributed by atoms with van der Waals surface area (Å²) in [4.78, 5) is 18.1. The van der Waals surface area contributed by atoms with Crippen LogP contribution in [0.2, 0.25) is 0 Å². The Morgan fingerprint density at radius 2 is 2.07 bits per heavy atom. The Bertz CT molecular complexity index is 1180. The molecule has 0 aliphatic heterocycles. The molecular formula is C22H25N7O. The van der Waals surface area contributed by atoms with Crippen LogP contribution < -0.4 is 15.5 Å². The zero-order valence-corrected chi connectivity index (χ0v) is 17.2. The Morgan fingerprint density at radius 1 is 1.20 bits per heavy atom. The lowest BCUT2D eigenvalue weighted by Crippen LogP contribution is -2.15. The van der Waals surface area contributed by atoms with Crippen LogP contribution in [0, 0.1) is 0 Å². The molecule has 0 fully saturated rings. The Morgan fingerprint density at radius 3 is 2.90 bits per heavy atom. The molecule has 8 nitrogen and oxygen atoms in total.